The van der Waals surface area contributed by atoms with E-state index in [0.717, 1.165) is 24.8 Å². The largest absolute Gasteiger partial charge is 0.325 e. The van der Waals surface area contributed by atoms with Crippen LogP contribution in [0.25, 0.3) is 0 Å². The molecular formula is C10H19N5. The molecule has 1 aliphatic carbocycles. The molecule has 5 nitrogen and oxygen atoms in total. The van der Waals surface area contributed by atoms with Crippen molar-refractivity contribution in [2.24, 2.45) is 5.73 Å². The second-order valence-electron chi connectivity index (χ2n) is 4.11. The minimum Gasteiger partial charge on any atom is -0.325 e. The maximum absolute atomic E-state index is 5.46. The summed E-state index contributed by atoms with van der Waals surface area (Å²) in [6.07, 6.45) is 7.31. The first-order valence-corrected chi connectivity index (χ1v) is 5.71. The van der Waals surface area contributed by atoms with Crippen LogP contribution in [0.3, 0.4) is 0 Å². The highest BCUT2D eigenvalue weighted by Gasteiger charge is 2.13. The molecule has 0 spiro atoms. The number of hydrogen-bond acceptors (Lipinski definition) is 4. The van der Waals surface area contributed by atoms with E-state index >= 15 is 0 Å². The molecule has 0 saturated heterocycles. The van der Waals surface area contributed by atoms with Gasteiger partial charge >= 0.3 is 0 Å². The van der Waals surface area contributed by atoms with Gasteiger partial charge in [0.05, 0.1) is 12.2 Å². The zero-order valence-corrected chi connectivity index (χ0v) is 9.02. The fourth-order valence-corrected chi connectivity index (χ4v) is 2.05. The monoisotopic (exact) mass is 209 g/mol. The molecule has 1 heterocycles. The maximum Gasteiger partial charge on any atom is 0.0962 e. The molecule has 2 rings (SSSR count). The fraction of sp³-hybridized carbons (Fsp3) is 0.800. The summed E-state index contributed by atoms with van der Waals surface area (Å²) in [7, 11) is 0. The summed E-state index contributed by atoms with van der Waals surface area (Å²) in [5, 5.41) is 11.5. The summed E-state index contributed by atoms with van der Waals surface area (Å²) < 4.78 is 1.85. The predicted molar refractivity (Wildman–Crippen MR) is 58.2 cm³/mol. The lowest BCUT2D eigenvalue weighted by atomic mass is 10.2. The van der Waals surface area contributed by atoms with Gasteiger partial charge in [-0.05, 0) is 12.8 Å². The smallest absolute Gasteiger partial charge is 0.0962 e. The minimum atomic E-state index is 0.468. The molecule has 0 aromatic carbocycles. The van der Waals surface area contributed by atoms with Gasteiger partial charge in [-0.2, -0.15) is 0 Å². The molecular weight excluding hydrogens is 190 g/mol. The van der Waals surface area contributed by atoms with Crippen molar-refractivity contribution < 1.29 is 0 Å². The number of hydrogen-bond donors (Lipinski definition) is 2. The van der Waals surface area contributed by atoms with Crippen molar-refractivity contribution in [1.29, 1.82) is 0 Å². The van der Waals surface area contributed by atoms with Crippen LogP contribution in [-0.2, 0) is 13.1 Å². The van der Waals surface area contributed by atoms with Crippen molar-refractivity contribution in [2.75, 3.05) is 6.54 Å². The van der Waals surface area contributed by atoms with Crippen LogP contribution in [-0.4, -0.2) is 27.6 Å². The Morgan fingerprint density at radius 1 is 1.47 bits per heavy atom. The highest BCUT2D eigenvalue weighted by molar-refractivity contribution is 4.90. The van der Waals surface area contributed by atoms with E-state index in [4.69, 9.17) is 5.73 Å². The molecule has 0 atom stereocenters. The number of nitrogens with zero attached hydrogens (tertiary/aromatic N) is 3. The summed E-state index contributed by atoms with van der Waals surface area (Å²) in [6.45, 7) is 2.32. The van der Waals surface area contributed by atoms with Gasteiger partial charge in [0.25, 0.3) is 0 Å². The van der Waals surface area contributed by atoms with E-state index in [1.165, 1.54) is 25.7 Å². The summed E-state index contributed by atoms with van der Waals surface area (Å²) >= 11 is 0. The molecule has 0 unspecified atom stereocenters. The van der Waals surface area contributed by atoms with Crippen LogP contribution in [0.15, 0.2) is 6.20 Å². The molecule has 0 amide bonds. The molecule has 3 N–H and O–H groups in total. The van der Waals surface area contributed by atoms with E-state index < -0.39 is 0 Å². The van der Waals surface area contributed by atoms with Gasteiger partial charge in [0.2, 0.25) is 0 Å². The van der Waals surface area contributed by atoms with Gasteiger partial charge in [0.1, 0.15) is 0 Å². The third kappa shape index (κ3) is 3.00. The van der Waals surface area contributed by atoms with Crippen LogP contribution >= 0.6 is 0 Å². The molecule has 1 aliphatic rings. The molecule has 1 saturated carbocycles. The van der Waals surface area contributed by atoms with Crippen molar-refractivity contribution in [3.8, 4) is 0 Å². The van der Waals surface area contributed by atoms with Crippen molar-refractivity contribution in [3.05, 3.63) is 11.9 Å². The van der Waals surface area contributed by atoms with Crippen LogP contribution in [0.1, 0.15) is 31.4 Å². The highest BCUT2D eigenvalue weighted by Crippen LogP contribution is 2.17. The van der Waals surface area contributed by atoms with Gasteiger partial charge in [-0.3, -0.25) is 4.68 Å². The Morgan fingerprint density at radius 2 is 2.27 bits per heavy atom. The maximum atomic E-state index is 5.46. The van der Waals surface area contributed by atoms with Crippen molar-refractivity contribution in [2.45, 2.75) is 44.8 Å². The summed E-state index contributed by atoms with van der Waals surface area (Å²) in [5.41, 5.74) is 6.32. The highest BCUT2D eigenvalue weighted by atomic mass is 15.4. The Labute approximate surface area is 90.0 Å². The van der Waals surface area contributed by atoms with Crippen LogP contribution in [0, 0.1) is 0 Å². The third-order valence-electron chi connectivity index (χ3n) is 2.92. The Bertz CT molecular complexity index is 290. The average molecular weight is 209 g/mol. The Kier molecular flexibility index (Phi) is 3.69. The minimum absolute atomic E-state index is 0.468. The SMILES string of the molecule is NCc1cn(CCNC2CCCC2)nn1. The average Bonchev–Trinajstić information content (AvgIpc) is 2.88. The zero-order valence-electron chi connectivity index (χ0n) is 9.02. The molecule has 15 heavy (non-hydrogen) atoms. The lowest BCUT2D eigenvalue weighted by Gasteiger charge is -2.10. The quantitative estimate of drug-likeness (QED) is 0.730. The Hall–Kier alpha value is -0.940. The van der Waals surface area contributed by atoms with Crippen LogP contribution in [0.4, 0.5) is 0 Å². The van der Waals surface area contributed by atoms with Gasteiger partial charge in [0, 0.05) is 25.3 Å². The second kappa shape index (κ2) is 5.23. The van der Waals surface area contributed by atoms with E-state index in [1.54, 1.807) is 0 Å². The Balaban J connectivity index is 1.68. The second-order valence-corrected chi connectivity index (χ2v) is 4.11. The van der Waals surface area contributed by atoms with Gasteiger partial charge in [0.15, 0.2) is 0 Å². The summed E-state index contributed by atoms with van der Waals surface area (Å²) in [5.74, 6) is 0. The molecule has 5 heteroatoms. The van der Waals surface area contributed by atoms with E-state index in [9.17, 15) is 0 Å². The van der Waals surface area contributed by atoms with Gasteiger partial charge in [-0.25, -0.2) is 0 Å². The predicted octanol–water partition coefficient (Wildman–Crippen LogP) is 0.269. The fourth-order valence-electron chi connectivity index (χ4n) is 2.05. The van der Waals surface area contributed by atoms with E-state index in [0.29, 0.717) is 6.54 Å². The topological polar surface area (TPSA) is 68.8 Å². The molecule has 1 fully saturated rings. The number of nitrogens with one attached hydrogen (secondary N) is 1. The molecule has 84 valence electrons. The van der Waals surface area contributed by atoms with E-state index in [1.807, 2.05) is 10.9 Å². The van der Waals surface area contributed by atoms with Gasteiger partial charge in [-0.15, -0.1) is 5.10 Å². The van der Waals surface area contributed by atoms with Crippen LogP contribution in [0.5, 0.6) is 0 Å². The molecule has 1 aromatic rings. The molecule has 0 radical (unpaired) electrons. The lowest BCUT2D eigenvalue weighted by molar-refractivity contribution is 0.475. The van der Waals surface area contributed by atoms with E-state index in [2.05, 4.69) is 15.6 Å². The third-order valence-corrected chi connectivity index (χ3v) is 2.92. The number of aromatic nitrogens is 3. The Morgan fingerprint density at radius 3 is 2.93 bits per heavy atom. The lowest BCUT2D eigenvalue weighted by Crippen LogP contribution is -2.29. The van der Waals surface area contributed by atoms with Gasteiger partial charge in [-0.1, -0.05) is 18.1 Å². The van der Waals surface area contributed by atoms with Crippen molar-refractivity contribution in [1.82, 2.24) is 20.3 Å². The number of nitrogens with two attached hydrogens (primary N) is 1. The van der Waals surface area contributed by atoms with Gasteiger partial charge < -0.3 is 11.1 Å². The molecule has 0 aliphatic heterocycles. The first-order chi connectivity index (χ1) is 7.38. The molecule has 1 aromatic heterocycles. The first kappa shape index (κ1) is 10.6. The van der Waals surface area contributed by atoms with E-state index in [-0.39, 0.29) is 0 Å². The van der Waals surface area contributed by atoms with Crippen molar-refractivity contribution in [3.63, 3.8) is 0 Å². The number of rotatable bonds is 5. The van der Waals surface area contributed by atoms with Crippen molar-refractivity contribution >= 4 is 0 Å². The zero-order chi connectivity index (χ0) is 10.5. The van der Waals surface area contributed by atoms with Crippen LogP contribution in [0.2, 0.25) is 0 Å². The standard InChI is InChI=1S/C10H19N5/c11-7-10-8-15(14-13-10)6-5-12-9-3-1-2-4-9/h8-9,12H,1-7,11H2. The normalized spacial score (nSPS) is 17.4. The van der Waals surface area contributed by atoms with Crippen LogP contribution < -0.4 is 11.1 Å². The first-order valence-electron chi connectivity index (χ1n) is 5.71. The summed E-state index contributed by atoms with van der Waals surface area (Å²) in [4.78, 5) is 0. The summed E-state index contributed by atoms with van der Waals surface area (Å²) in [6, 6.07) is 0.725. The molecule has 0 bridgehead atoms.